The molecule has 0 radical (unpaired) electrons. The normalized spacial score (nSPS) is 10.9. The molecule has 0 bridgehead atoms. The van der Waals surface area contributed by atoms with Gasteiger partial charge < -0.3 is 5.32 Å². The smallest absolute Gasteiger partial charge is 0.295 e. The van der Waals surface area contributed by atoms with E-state index in [1.54, 1.807) is 4.68 Å². The number of rotatable bonds is 4. The first-order valence-electron chi connectivity index (χ1n) is 10.2. The summed E-state index contributed by atoms with van der Waals surface area (Å²) in [7, 11) is 0. The van der Waals surface area contributed by atoms with E-state index in [2.05, 4.69) is 15.4 Å². The zero-order valence-corrected chi connectivity index (χ0v) is 18.0. The van der Waals surface area contributed by atoms with Crippen molar-refractivity contribution in [1.82, 2.24) is 14.8 Å². The number of nitrogens with one attached hydrogen (secondary N) is 1. The van der Waals surface area contributed by atoms with Crippen LogP contribution in [0.2, 0.25) is 5.02 Å². The fourth-order valence-electron chi connectivity index (χ4n) is 3.69. The lowest BCUT2D eigenvalue weighted by Crippen LogP contribution is -2.14. The highest BCUT2D eigenvalue weighted by Crippen LogP contribution is 2.27. The van der Waals surface area contributed by atoms with E-state index in [4.69, 9.17) is 11.6 Å². The molecule has 0 saturated carbocycles. The number of fused-ring (bicyclic) bond motifs is 1. The van der Waals surface area contributed by atoms with Gasteiger partial charge in [-0.3, -0.25) is 4.79 Å². The van der Waals surface area contributed by atoms with Gasteiger partial charge in [-0.1, -0.05) is 84.4 Å². The molecule has 1 aromatic heterocycles. The van der Waals surface area contributed by atoms with Crippen LogP contribution in [-0.4, -0.2) is 20.7 Å². The predicted molar refractivity (Wildman–Crippen MR) is 128 cm³/mol. The minimum absolute atomic E-state index is 0.0798. The summed E-state index contributed by atoms with van der Waals surface area (Å²) in [6, 6.07) is 28.9. The van der Waals surface area contributed by atoms with Crippen molar-refractivity contribution in [2.24, 2.45) is 0 Å². The van der Waals surface area contributed by atoms with Crippen LogP contribution in [0.1, 0.15) is 16.2 Å². The van der Waals surface area contributed by atoms with E-state index in [9.17, 15) is 4.79 Å². The number of anilines is 1. The summed E-state index contributed by atoms with van der Waals surface area (Å²) in [5.41, 5.74) is 3.19. The van der Waals surface area contributed by atoms with E-state index in [-0.39, 0.29) is 11.7 Å². The largest absolute Gasteiger partial charge is 0.319 e. The maximum atomic E-state index is 13.2. The number of halogens is 1. The molecule has 0 aliphatic rings. The van der Waals surface area contributed by atoms with Crippen molar-refractivity contribution in [2.75, 3.05) is 5.32 Å². The van der Waals surface area contributed by atoms with Gasteiger partial charge in [0.05, 0.1) is 5.69 Å². The highest BCUT2D eigenvalue weighted by atomic mass is 35.5. The van der Waals surface area contributed by atoms with Gasteiger partial charge in [0.1, 0.15) is 0 Å². The van der Waals surface area contributed by atoms with Crippen LogP contribution >= 0.6 is 11.6 Å². The summed E-state index contributed by atoms with van der Waals surface area (Å²) >= 11 is 6.35. The molecular weight excluding hydrogens is 420 g/mol. The molecule has 0 spiro atoms. The molecule has 156 valence electrons. The molecule has 0 atom stereocenters. The monoisotopic (exact) mass is 438 g/mol. The first-order valence-corrected chi connectivity index (χ1v) is 10.6. The van der Waals surface area contributed by atoms with E-state index in [0.29, 0.717) is 16.5 Å². The van der Waals surface area contributed by atoms with Gasteiger partial charge in [0.15, 0.2) is 5.82 Å². The topological polar surface area (TPSA) is 59.8 Å². The van der Waals surface area contributed by atoms with Crippen LogP contribution in [0.15, 0.2) is 91.0 Å². The number of amides is 1. The SMILES string of the molecule is Cc1c(Cl)cccc1-n1nc(C(=O)Nc2cccc3ccccc23)nc1-c1ccccc1. The Bertz CT molecular complexity index is 1440. The minimum Gasteiger partial charge on any atom is -0.319 e. The van der Waals surface area contributed by atoms with Gasteiger partial charge in [-0.05, 0) is 36.1 Å². The number of benzene rings is 4. The van der Waals surface area contributed by atoms with Crippen LogP contribution in [0.3, 0.4) is 0 Å². The second kappa shape index (κ2) is 8.29. The Morgan fingerprint density at radius 3 is 2.44 bits per heavy atom. The minimum atomic E-state index is -0.378. The van der Waals surface area contributed by atoms with Crippen molar-refractivity contribution in [3.05, 3.63) is 107 Å². The van der Waals surface area contributed by atoms with Gasteiger partial charge in [-0.25, -0.2) is 9.67 Å². The van der Waals surface area contributed by atoms with Crippen molar-refractivity contribution in [1.29, 1.82) is 0 Å². The average molecular weight is 439 g/mol. The van der Waals surface area contributed by atoms with E-state index in [0.717, 1.165) is 27.6 Å². The molecule has 1 amide bonds. The van der Waals surface area contributed by atoms with Crippen LogP contribution in [0.5, 0.6) is 0 Å². The third-order valence-electron chi connectivity index (χ3n) is 5.35. The van der Waals surface area contributed by atoms with Crippen LogP contribution in [0.25, 0.3) is 27.8 Å². The predicted octanol–water partition coefficient (Wildman–Crippen LogP) is 6.30. The Labute approximate surface area is 190 Å². The molecule has 0 unspecified atom stereocenters. The number of carbonyl (C=O) groups excluding carboxylic acids is 1. The molecule has 5 nitrogen and oxygen atoms in total. The fraction of sp³-hybridized carbons (Fsp3) is 0.0385. The van der Waals surface area contributed by atoms with Crippen molar-refractivity contribution in [2.45, 2.75) is 6.92 Å². The Hall–Kier alpha value is -3.96. The van der Waals surface area contributed by atoms with Crippen molar-refractivity contribution < 1.29 is 4.79 Å². The number of carbonyl (C=O) groups is 1. The molecule has 0 saturated heterocycles. The molecule has 4 aromatic carbocycles. The maximum Gasteiger partial charge on any atom is 0.295 e. The number of nitrogens with zero attached hydrogens (tertiary/aromatic N) is 3. The Kier molecular flexibility index (Phi) is 5.17. The van der Waals surface area contributed by atoms with Gasteiger partial charge in [0.25, 0.3) is 5.91 Å². The summed E-state index contributed by atoms with van der Waals surface area (Å²) < 4.78 is 1.68. The molecule has 1 N–H and O–H groups in total. The molecule has 32 heavy (non-hydrogen) atoms. The summed E-state index contributed by atoms with van der Waals surface area (Å²) in [6.45, 7) is 1.92. The lowest BCUT2D eigenvalue weighted by Gasteiger charge is -2.10. The van der Waals surface area contributed by atoms with E-state index >= 15 is 0 Å². The van der Waals surface area contributed by atoms with Gasteiger partial charge >= 0.3 is 0 Å². The van der Waals surface area contributed by atoms with Gasteiger partial charge in [-0.15, -0.1) is 5.10 Å². The highest BCUT2D eigenvalue weighted by Gasteiger charge is 2.20. The first-order chi connectivity index (χ1) is 15.6. The summed E-state index contributed by atoms with van der Waals surface area (Å²) in [5.74, 6) is 0.271. The fourth-order valence-corrected chi connectivity index (χ4v) is 3.86. The molecule has 5 aromatic rings. The lowest BCUT2D eigenvalue weighted by molar-refractivity contribution is 0.101. The first kappa shape index (κ1) is 20.0. The average Bonchev–Trinajstić information content (AvgIpc) is 3.27. The molecule has 0 aliphatic carbocycles. The van der Waals surface area contributed by atoms with Crippen molar-refractivity contribution in [3.63, 3.8) is 0 Å². The number of aromatic nitrogens is 3. The van der Waals surface area contributed by atoms with Crippen molar-refractivity contribution in [3.8, 4) is 17.1 Å². The Morgan fingerprint density at radius 2 is 1.59 bits per heavy atom. The van der Waals surface area contributed by atoms with E-state index in [1.165, 1.54) is 0 Å². The molecule has 0 aliphatic heterocycles. The zero-order chi connectivity index (χ0) is 22.1. The summed E-state index contributed by atoms with van der Waals surface area (Å²) in [4.78, 5) is 17.8. The van der Waals surface area contributed by atoms with Gasteiger partial charge in [-0.2, -0.15) is 0 Å². The second-order valence-corrected chi connectivity index (χ2v) is 7.81. The number of hydrogen-bond donors (Lipinski definition) is 1. The summed E-state index contributed by atoms with van der Waals surface area (Å²) in [5, 5.41) is 10.2. The molecule has 5 rings (SSSR count). The second-order valence-electron chi connectivity index (χ2n) is 7.40. The van der Waals surface area contributed by atoms with Crippen molar-refractivity contribution >= 4 is 34.0 Å². The summed E-state index contributed by atoms with van der Waals surface area (Å²) in [6.07, 6.45) is 0. The van der Waals surface area contributed by atoms with Gasteiger partial charge in [0.2, 0.25) is 5.82 Å². The Morgan fingerprint density at radius 1 is 0.875 bits per heavy atom. The number of hydrogen-bond acceptors (Lipinski definition) is 3. The lowest BCUT2D eigenvalue weighted by atomic mass is 10.1. The zero-order valence-electron chi connectivity index (χ0n) is 17.3. The van der Waals surface area contributed by atoms with E-state index in [1.807, 2.05) is 97.9 Å². The van der Waals surface area contributed by atoms with Crippen LogP contribution in [0.4, 0.5) is 5.69 Å². The Balaban J connectivity index is 1.60. The quantitative estimate of drug-likeness (QED) is 0.358. The van der Waals surface area contributed by atoms with Crippen LogP contribution in [0, 0.1) is 6.92 Å². The van der Waals surface area contributed by atoms with Crippen LogP contribution in [-0.2, 0) is 0 Å². The van der Waals surface area contributed by atoms with E-state index < -0.39 is 0 Å². The standard InChI is InChI=1S/C26H19ClN4O/c1-17-21(27)14-8-16-23(17)31-25(19-10-3-2-4-11-19)29-24(30-31)26(32)28-22-15-7-12-18-9-5-6-13-20(18)22/h2-16H,1H3,(H,28,32). The molecular formula is C26H19ClN4O. The third-order valence-corrected chi connectivity index (χ3v) is 5.76. The third kappa shape index (κ3) is 3.63. The van der Waals surface area contributed by atoms with Gasteiger partial charge in [0, 0.05) is 21.7 Å². The molecule has 1 heterocycles. The molecule has 6 heteroatoms. The van der Waals surface area contributed by atoms with Crippen LogP contribution < -0.4 is 5.32 Å². The molecule has 0 fully saturated rings. The maximum absolute atomic E-state index is 13.2. The highest BCUT2D eigenvalue weighted by molar-refractivity contribution is 6.31.